The molecule has 3 amide bonds. The summed E-state index contributed by atoms with van der Waals surface area (Å²) in [5.74, 6) is -3.40. The van der Waals surface area contributed by atoms with E-state index in [9.17, 15) is 19.2 Å². The molecule has 0 aromatic rings. The van der Waals surface area contributed by atoms with Gasteiger partial charge in [0.1, 0.15) is 12.6 Å². The summed E-state index contributed by atoms with van der Waals surface area (Å²) in [5.41, 5.74) is 0. The number of nitrogens with one attached hydrogen (secondary N) is 3. The molecule has 0 radical (unpaired) electrons. The van der Waals surface area contributed by atoms with Gasteiger partial charge in [0, 0.05) is 17.0 Å². The Bertz CT molecular complexity index is 495. The van der Waals surface area contributed by atoms with Gasteiger partial charge >= 0.3 is 18.0 Å². The summed E-state index contributed by atoms with van der Waals surface area (Å²) in [7, 11) is 2.90. The molecule has 0 unspecified atom stereocenters. The fraction of sp³-hybridized carbons (Fsp3) is 0.714. The van der Waals surface area contributed by atoms with Gasteiger partial charge in [0.05, 0.1) is 5.92 Å². The zero-order chi connectivity index (χ0) is 19.6. The molecule has 0 aromatic carbocycles. The van der Waals surface area contributed by atoms with Crippen molar-refractivity contribution >= 4 is 45.5 Å². The average molecular weight is 396 g/mol. The van der Waals surface area contributed by atoms with Gasteiger partial charge in [0.15, 0.2) is 0 Å². The third kappa shape index (κ3) is 12.4. The molecule has 0 aliphatic rings. The number of carboxylic acid groups (broad SMARTS) is 2. The molecule has 0 rings (SSSR count). The smallest absolute Gasteiger partial charge is 0.322 e. The monoisotopic (exact) mass is 395 g/mol. The molecule has 0 saturated heterocycles. The maximum atomic E-state index is 12.1. The molecule has 0 aliphatic carbocycles. The third-order valence-electron chi connectivity index (χ3n) is 2.57. The Labute approximate surface area is 154 Å². The van der Waals surface area contributed by atoms with Crippen molar-refractivity contribution in [2.45, 2.75) is 38.5 Å². The molecule has 0 bridgehead atoms. The lowest BCUT2D eigenvalue weighted by molar-refractivity contribution is -0.141. The standard InChI is InChI=1S/C14H25N3O6S2/c1-8(12(21)22)5-16-13(23)17-9(7-24-25-14(2,3)4)11(20)15-6-10(18)19/h8-9H,5-7H2,1-4H3,(H,15,20)(H,18,19)(H,21,22)(H2,16,17,23)/t8-,9-/m0/s1. The Balaban J connectivity index is 4.64. The van der Waals surface area contributed by atoms with E-state index < -0.39 is 42.4 Å². The maximum Gasteiger partial charge on any atom is 0.322 e. The zero-order valence-electron chi connectivity index (χ0n) is 14.6. The summed E-state index contributed by atoms with van der Waals surface area (Å²) < 4.78 is -0.0497. The van der Waals surface area contributed by atoms with E-state index in [0.717, 1.165) is 0 Å². The number of amides is 3. The van der Waals surface area contributed by atoms with E-state index in [1.54, 1.807) is 0 Å². The first kappa shape index (κ1) is 23.4. The molecule has 0 aliphatic heterocycles. The number of carboxylic acids is 2. The van der Waals surface area contributed by atoms with Gasteiger partial charge in [0.25, 0.3) is 0 Å². The van der Waals surface area contributed by atoms with Gasteiger partial charge in [-0.3, -0.25) is 14.4 Å². The van der Waals surface area contributed by atoms with Crippen LogP contribution >= 0.6 is 21.6 Å². The molecule has 9 nitrogen and oxygen atoms in total. The van der Waals surface area contributed by atoms with Crippen molar-refractivity contribution in [3.05, 3.63) is 0 Å². The lowest BCUT2D eigenvalue weighted by atomic mass is 10.2. The van der Waals surface area contributed by atoms with Crippen LogP contribution in [0.25, 0.3) is 0 Å². The highest BCUT2D eigenvalue weighted by molar-refractivity contribution is 8.77. The summed E-state index contributed by atoms with van der Waals surface area (Å²) in [4.78, 5) is 45.2. The first-order chi connectivity index (χ1) is 11.4. The third-order valence-corrected chi connectivity index (χ3v) is 5.92. The molecule has 0 aromatic heterocycles. The number of urea groups is 1. The molecular formula is C14H25N3O6S2. The molecule has 25 heavy (non-hydrogen) atoms. The van der Waals surface area contributed by atoms with Crippen LogP contribution in [0.4, 0.5) is 4.79 Å². The van der Waals surface area contributed by atoms with E-state index in [4.69, 9.17) is 10.2 Å². The van der Waals surface area contributed by atoms with Gasteiger partial charge in [-0.2, -0.15) is 0 Å². The fourth-order valence-electron chi connectivity index (χ4n) is 1.29. The van der Waals surface area contributed by atoms with Crippen LogP contribution in [0.3, 0.4) is 0 Å². The van der Waals surface area contributed by atoms with Crippen LogP contribution in [0, 0.1) is 5.92 Å². The topological polar surface area (TPSA) is 145 Å². The summed E-state index contributed by atoms with van der Waals surface area (Å²) in [5, 5.41) is 24.4. The van der Waals surface area contributed by atoms with Gasteiger partial charge in [-0.1, -0.05) is 49.3 Å². The highest BCUT2D eigenvalue weighted by Crippen LogP contribution is 2.35. The fourth-order valence-corrected chi connectivity index (χ4v) is 3.76. The van der Waals surface area contributed by atoms with Gasteiger partial charge < -0.3 is 26.2 Å². The highest BCUT2D eigenvalue weighted by atomic mass is 33.1. The Morgan fingerprint density at radius 2 is 1.68 bits per heavy atom. The number of carbonyl (C=O) groups is 4. The van der Waals surface area contributed by atoms with Crippen molar-refractivity contribution in [1.82, 2.24) is 16.0 Å². The Hall–Kier alpha value is -1.62. The molecule has 0 saturated carbocycles. The first-order valence-electron chi connectivity index (χ1n) is 7.49. The first-order valence-corrected chi connectivity index (χ1v) is 9.81. The molecular weight excluding hydrogens is 370 g/mol. The minimum atomic E-state index is -1.19. The normalized spacial score (nSPS) is 13.4. The van der Waals surface area contributed by atoms with E-state index >= 15 is 0 Å². The largest absolute Gasteiger partial charge is 0.481 e. The summed E-state index contributed by atoms with van der Waals surface area (Å²) >= 11 is 0. The van der Waals surface area contributed by atoms with Crippen molar-refractivity contribution in [3.8, 4) is 0 Å². The van der Waals surface area contributed by atoms with E-state index in [2.05, 4.69) is 16.0 Å². The van der Waals surface area contributed by atoms with Crippen LogP contribution < -0.4 is 16.0 Å². The zero-order valence-corrected chi connectivity index (χ0v) is 16.3. The SMILES string of the molecule is C[C@@H](CNC(=O)N[C@@H](CSSC(C)(C)C)C(=O)NCC(=O)O)C(=O)O. The average Bonchev–Trinajstić information content (AvgIpc) is 2.47. The molecule has 2 atom stereocenters. The number of hydrogen-bond acceptors (Lipinski definition) is 6. The second-order valence-electron chi connectivity index (χ2n) is 6.24. The lowest BCUT2D eigenvalue weighted by Crippen LogP contribution is -2.52. The van der Waals surface area contributed by atoms with Crippen LogP contribution in [-0.4, -0.2) is 63.7 Å². The van der Waals surface area contributed by atoms with Crippen molar-refractivity contribution in [2.75, 3.05) is 18.8 Å². The van der Waals surface area contributed by atoms with Gasteiger partial charge in [-0.25, -0.2) is 4.79 Å². The Morgan fingerprint density at radius 3 is 2.16 bits per heavy atom. The number of rotatable bonds is 10. The second kappa shape index (κ2) is 11.1. The van der Waals surface area contributed by atoms with E-state index in [-0.39, 0.29) is 17.0 Å². The summed E-state index contributed by atoms with van der Waals surface area (Å²) in [6.07, 6.45) is 0. The van der Waals surface area contributed by atoms with Gasteiger partial charge in [0.2, 0.25) is 5.91 Å². The van der Waals surface area contributed by atoms with Crippen LogP contribution in [0.15, 0.2) is 0 Å². The second-order valence-corrected chi connectivity index (χ2v) is 9.41. The quantitative estimate of drug-likeness (QED) is 0.341. The number of carbonyl (C=O) groups excluding carboxylic acids is 2. The minimum absolute atomic E-state index is 0.0497. The van der Waals surface area contributed by atoms with Crippen LogP contribution in [-0.2, 0) is 14.4 Å². The highest BCUT2D eigenvalue weighted by Gasteiger charge is 2.23. The molecule has 0 spiro atoms. The summed E-state index contributed by atoms with van der Waals surface area (Å²) in [6, 6.07) is -1.63. The minimum Gasteiger partial charge on any atom is -0.481 e. The lowest BCUT2D eigenvalue weighted by Gasteiger charge is -2.21. The molecule has 11 heteroatoms. The van der Waals surface area contributed by atoms with E-state index in [1.807, 2.05) is 20.8 Å². The van der Waals surface area contributed by atoms with Crippen molar-refractivity contribution in [1.29, 1.82) is 0 Å². The van der Waals surface area contributed by atoms with E-state index in [0.29, 0.717) is 0 Å². The van der Waals surface area contributed by atoms with Gasteiger partial charge in [-0.15, -0.1) is 0 Å². The number of aliphatic carboxylic acids is 2. The predicted octanol–water partition coefficient (Wildman–Crippen LogP) is 0.756. The molecule has 5 N–H and O–H groups in total. The summed E-state index contributed by atoms with van der Waals surface area (Å²) in [6.45, 7) is 6.79. The van der Waals surface area contributed by atoms with Crippen molar-refractivity contribution in [2.24, 2.45) is 5.92 Å². The maximum absolute atomic E-state index is 12.1. The van der Waals surface area contributed by atoms with Crippen LogP contribution in [0.2, 0.25) is 0 Å². The van der Waals surface area contributed by atoms with E-state index in [1.165, 1.54) is 28.5 Å². The van der Waals surface area contributed by atoms with Crippen molar-refractivity contribution in [3.63, 3.8) is 0 Å². The molecule has 144 valence electrons. The molecule has 0 heterocycles. The Kier molecular flexibility index (Phi) is 10.4. The van der Waals surface area contributed by atoms with Crippen LogP contribution in [0.5, 0.6) is 0 Å². The Morgan fingerprint density at radius 1 is 1.08 bits per heavy atom. The van der Waals surface area contributed by atoms with Crippen LogP contribution in [0.1, 0.15) is 27.7 Å². The number of hydrogen-bond donors (Lipinski definition) is 5. The molecule has 0 fully saturated rings. The predicted molar refractivity (Wildman–Crippen MR) is 97.6 cm³/mol. The van der Waals surface area contributed by atoms with Gasteiger partial charge in [-0.05, 0) is 0 Å². The van der Waals surface area contributed by atoms with Crippen molar-refractivity contribution < 1.29 is 29.4 Å².